The first-order valence-corrected chi connectivity index (χ1v) is 3.94. The van der Waals surface area contributed by atoms with Gasteiger partial charge in [-0.1, -0.05) is 12.5 Å². The first-order valence-electron chi connectivity index (χ1n) is 3.94. The zero-order valence-corrected chi connectivity index (χ0v) is 7.55. The summed E-state index contributed by atoms with van der Waals surface area (Å²) in [7, 11) is 0. The third-order valence-corrected chi connectivity index (χ3v) is 1.40. The predicted molar refractivity (Wildman–Crippen MR) is 47.3 cm³/mol. The molecule has 1 atom stereocenters. The molecule has 0 radical (unpaired) electrons. The van der Waals surface area contributed by atoms with Gasteiger partial charge in [0.15, 0.2) is 5.78 Å². The molecule has 0 aliphatic heterocycles. The zero-order chi connectivity index (χ0) is 8.85. The van der Waals surface area contributed by atoms with Crippen molar-refractivity contribution < 1.29 is 4.79 Å². The van der Waals surface area contributed by atoms with Gasteiger partial charge in [-0.2, -0.15) is 0 Å². The monoisotopic (exact) mass is 155 g/mol. The molecule has 0 amide bonds. The summed E-state index contributed by atoms with van der Waals surface area (Å²) in [5.74, 6) is 0.487. The smallest absolute Gasteiger partial charge is 0.155 e. The highest BCUT2D eigenvalue weighted by Crippen LogP contribution is 2.02. The van der Waals surface area contributed by atoms with Gasteiger partial charge in [-0.3, -0.25) is 4.79 Å². The molecule has 0 saturated heterocycles. The summed E-state index contributed by atoms with van der Waals surface area (Å²) in [6.45, 7) is 6.41. The van der Waals surface area contributed by atoms with Crippen LogP contribution in [0.25, 0.3) is 0 Å². The van der Waals surface area contributed by atoms with Crippen molar-refractivity contribution in [2.24, 2.45) is 11.7 Å². The minimum absolute atomic E-state index is 0.183. The summed E-state index contributed by atoms with van der Waals surface area (Å²) in [6, 6.07) is 0. The number of hydrogen-bond donors (Lipinski definition) is 1. The van der Waals surface area contributed by atoms with Crippen LogP contribution in [0, 0.1) is 5.92 Å². The third-order valence-electron chi connectivity index (χ3n) is 1.40. The Morgan fingerprint density at radius 3 is 2.45 bits per heavy atom. The maximum absolute atomic E-state index is 11.1. The molecular weight excluding hydrogens is 138 g/mol. The van der Waals surface area contributed by atoms with Crippen LogP contribution in [-0.2, 0) is 4.79 Å². The summed E-state index contributed by atoms with van der Waals surface area (Å²) in [6.07, 6.45) is 2.24. The molecule has 2 nitrogen and oxygen atoms in total. The van der Waals surface area contributed by atoms with Gasteiger partial charge in [-0.05, 0) is 32.4 Å². The fraction of sp³-hybridized carbons (Fsp3) is 0.667. The summed E-state index contributed by atoms with van der Waals surface area (Å²) >= 11 is 0. The van der Waals surface area contributed by atoms with E-state index in [1.807, 2.05) is 20.8 Å². The maximum Gasteiger partial charge on any atom is 0.155 e. The van der Waals surface area contributed by atoms with Crippen LogP contribution < -0.4 is 5.73 Å². The van der Waals surface area contributed by atoms with Gasteiger partial charge in [-0.25, -0.2) is 0 Å². The van der Waals surface area contributed by atoms with E-state index in [9.17, 15) is 4.79 Å². The second-order valence-electron chi connectivity index (χ2n) is 3.23. The molecule has 0 aliphatic rings. The number of carbonyl (C=O) groups excluding carboxylic acids is 1. The lowest BCUT2D eigenvalue weighted by atomic mass is 10.0. The molecule has 0 aromatic heterocycles. The first kappa shape index (κ1) is 10.4. The van der Waals surface area contributed by atoms with Gasteiger partial charge >= 0.3 is 0 Å². The number of rotatable bonds is 4. The molecule has 2 heteroatoms. The van der Waals surface area contributed by atoms with Crippen molar-refractivity contribution in [1.82, 2.24) is 0 Å². The fourth-order valence-corrected chi connectivity index (χ4v) is 0.808. The Kier molecular flexibility index (Phi) is 4.79. The van der Waals surface area contributed by atoms with E-state index in [0.29, 0.717) is 18.9 Å². The van der Waals surface area contributed by atoms with Crippen LogP contribution in [0.5, 0.6) is 0 Å². The quantitative estimate of drug-likeness (QED) is 0.625. The highest BCUT2D eigenvalue weighted by atomic mass is 16.1. The van der Waals surface area contributed by atoms with Gasteiger partial charge < -0.3 is 5.73 Å². The second-order valence-corrected chi connectivity index (χ2v) is 3.23. The molecule has 11 heavy (non-hydrogen) atoms. The van der Waals surface area contributed by atoms with Gasteiger partial charge in [0.1, 0.15) is 0 Å². The van der Waals surface area contributed by atoms with E-state index in [-0.39, 0.29) is 5.78 Å². The molecule has 0 saturated carbocycles. The average Bonchev–Trinajstić information content (AvgIpc) is 1.85. The van der Waals surface area contributed by atoms with Gasteiger partial charge in [0.25, 0.3) is 0 Å². The highest BCUT2D eigenvalue weighted by molar-refractivity contribution is 5.90. The summed E-state index contributed by atoms with van der Waals surface area (Å²) in [5, 5.41) is 0. The fourth-order valence-electron chi connectivity index (χ4n) is 0.808. The molecule has 64 valence electrons. The Hall–Kier alpha value is -0.630. The molecule has 1 unspecified atom stereocenters. The predicted octanol–water partition coefficient (Wildman–Crippen LogP) is 1.51. The molecule has 0 bridgehead atoms. The third kappa shape index (κ3) is 5.80. The summed E-state index contributed by atoms with van der Waals surface area (Å²) < 4.78 is 0. The van der Waals surface area contributed by atoms with Gasteiger partial charge in [0.05, 0.1) is 0 Å². The molecular formula is C9H17NO. The first-order chi connectivity index (χ1) is 5.06. The van der Waals surface area contributed by atoms with Crippen molar-refractivity contribution in [1.29, 1.82) is 0 Å². The number of hydrogen-bond acceptors (Lipinski definition) is 2. The van der Waals surface area contributed by atoms with Crippen molar-refractivity contribution >= 4 is 5.78 Å². The van der Waals surface area contributed by atoms with Gasteiger partial charge in [0, 0.05) is 6.42 Å². The van der Waals surface area contributed by atoms with Crippen LogP contribution in [0.1, 0.15) is 27.2 Å². The van der Waals surface area contributed by atoms with Crippen LogP contribution in [0.15, 0.2) is 11.6 Å². The van der Waals surface area contributed by atoms with Crippen molar-refractivity contribution in [2.45, 2.75) is 27.2 Å². The molecule has 0 aliphatic carbocycles. The van der Waals surface area contributed by atoms with Crippen molar-refractivity contribution in [3.05, 3.63) is 11.6 Å². The second kappa shape index (κ2) is 5.08. The van der Waals surface area contributed by atoms with E-state index in [1.54, 1.807) is 6.08 Å². The molecule has 2 N–H and O–H groups in total. The number of ketones is 1. The maximum atomic E-state index is 11.1. The highest BCUT2D eigenvalue weighted by Gasteiger charge is 2.03. The Bertz CT molecular complexity index is 157. The average molecular weight is 155 g/mol. The molecule has 0 heterocycles. The van der Waals surface area contributed by atoms with E-state index in [2.05, 4.69) is 0 Å². The van der Waals surface area contributed by atoms with Crippen LogP contribution >= 0.6 is 0 Å². The number of carbonyl (C=O) groups is 1. The SMILES string of the molecule is CC(C)=CC(=O)CC(C)CN. The minimum Gasteiger partial charge on any atom is -0.330 e. The Morgan fingerprint density at radius 2 is 2.09 bits per heavy atom. The Morgan fingerprint density at radius 1 is 1.55 bits per heavy atom. The lowest BCUT2D eigenvalue weighted by molar-refractivity contribution is -0.115. The van der Waals surface area contributed by atoms with Crippen LogP contribution in [0.3, 0.4) is 0 Å². The molecule has 0 aromatic carbocycles. The standard InChI is InChI=1S/C9H17NO/c1-7(2)4-9(11)5-8(3)6-10/h4,8H,5-6,10H2,1-3H3. The lowest BCUT2D eigenvalue weighted by Gasteiger charge is -2.03. The van der Waals surface area contributed by atoms with E-state index in [4.69, 9.17) is 5.73 Å². The van der Waals surface area contributed by atoms with Crippen LogP contribution in [0.4, 0.5) is 0 Å². The largest absolute Gasteiger partial charge is 0.330 e. The topological polar surface area (TPSA) is 43.1 Å². The summed E-state index contributed by atoms with van der Waals surface area (Å²) in [5.41, 5.74) is 6.43. The summed E-state index contributed by atoms with van der Waals surface area (Å²) in [4.78, 5) is 11.1. The lowest BCUT2D eigenvalue weighted by Crippen LogP contribution is -2.14. The van der Waals surface area contributed by atoms with E-state index in [0.717, 1.165) is 5.57 Å². The zero-order valence-electron chi connectivity index (χ0n) is 7.55. The molecule has 0 aromatic rings. The van der Waals surface area contributed by atoms with Crippen LogP contribution in [-0.4, -0.2) is 12.3 Å². The normalized spacial score (nSPS) is 12.4. The van der Waals surface area contributed by atoms with E-state index < -0.39 is 0 Å². The number of allylic oxidation sites excluding steroid dienone is 2. The van der Waals surface area contributed by atoms with E-state index in [1.165, 1.54) is 0 Å². The molecule has 0 spiro atoms. The van der Waals surface area contributed by atoms with Crippen LogP contribution in [0.2, 0.25) is 0 Å². The minimum atomic E-state index is 0.183. The molecule has 0 fully saturated rings. The van der Waals surface area contributed by atoms with Gasteiger partial charge in [-0.15, -0.1) is 0 Å². The van der Waals surface area contributed by atoms with Crippen molar-refractivity contribution in [2.75, 3.05) is 6.54 Å². The van der Waals surface area contributed by atoms with Crippen molar-refractivity contribution in [3.8, 4) is 0 Å². The van der Waals surface area contributed by atoms with E-state index >= 15 is 0 Å². The van der Waals surface area contributed by atoms with Gasteiger partial charge in [0.2, 0.25) is 0 Å². The Balaban J connectivity index is 3.79. The molecule has 0 rings (SSSR count). The van der Waals surface area contributed by atoms with Crippen molar-refractivity contribution in [3.63, 3.8) is 0 Å². The Labute approximate surface area is 68.5 Å². The number of nitrogens with two attached hydrogens (primary N) is 1.